The Bertz CT molecular complexity index is 1210. The lowest BCUT2D eigenvalue weighted by molar-refractivity contribution is -0.118. The molecule has 0 saturated carbocycles. The van der Waals surface area contributed by atoms with Crippen LogP contribution in [-0.2, 0) is 17.8 Å². The van der Waals surface area contributed by atoms with Gasteiger partial charge < -0.3 is 14.9 Å². The molecule has 1 atom stereocenters. The fourth-order valence-corrected chi connectivity index (χ4v) is 4.79. The molecule has 0 aliphatic heterocycles. The van der Waals surface area contributed by atoms with Gasteiger partial charge in [-0.05, 0) is 60.7 Å². The van der Waals surface area contributed by atoms with Crippen molar-refractivity contribution in [1.29, 1.82) is 0 Å². The molecule has 1 amide bonds. The van der Waals surface area contributed by atoms with Crippen molar-refractivity contribution in [3.63, 3.8) is 0 Å². The number of amides is 1. The molecule has 2 aromatic heterocycles. The molecule has 30 heavy (non-hydrogen) atoms. The van der Waals surface area contributed by atoms with Crippen LogP contribution in [0.5, 0.6) is 0 Å². The molecule has 1 aliphatic rings. The Balaban J connectivity index is 1.58. The van der Waals surface area contributed by atoms with Crippen LogP contribution in [0.15, 0.2) is 61.2 Å². The third kappa shape index (κ3) is 3.28. The molecule has 5 rings (SSSR count). The number of aromatic nitrogens is 3. The van der Waals surface area contributed by atoms with Gasteiger partial charge in [-0.25, -0.2) is 9.37 Å². The molecule has 6 heteroatoms. The summed E-state index contributed by atoms with van der Waals surface area (Å²) in [6.07, 6.45) is 8.57. The Morgan fingerprint density at radius 2 is 2.03 bits per heavy atom. The van der Waals surface area contributed by atoms with Crippen LogP contribution in [0.25, 0.3) is 16.6 Å². The number of hydrogen-bond acceptors (Lipinski definition) is 2. The Hall–Kier alpha value is -3.41. The number of imidazole rings is 1. The van der Waals surface area contributed by atoms with E-state index in [-0.39, 0.29) is 17.6 Å². The number of aryl methyl sites for hydroxylation is 1. The van der Waals surface area contributed by atoms with Crippen LogP contribution in [0.1, 0.15) is 42.0 Å². The highest BCUT2D eigenvalue weighted by Gasteiger charge is 2.29. The maximum atomic E-state index is 14.0. The van der Waals surface area contributed by atoms with E-state index in [4.69, 9.17) is 5.73 Å². The average Bonchev–Trinajstić information content (AvgIpc) is 3.36. The van der Waals surface area contributed by atoms with Crippen molar-refractivity contribution >= 4 is 16.8 Å². The predicted octanol–water partition coefficient (Wildman–Crippen LogP) is 4.31. The smallest absolute Gasteiger partial charge is 0.218 e. The molecule has 0 radical (unpaired) electrons. The van der Waals surface area contributed by atoms with Crippen LogP contribution < -0.4 is 5.73 Å². The minimum atomic E-state index is -0.291. The van der Waals surface area contributed by atoms with Gasteiger partial charge in [-0.2, -0.15) is 0 Å². The van der Waals surface area contributed by atoms with Crippen molar-refractivity contribution in [2.24, 2.45) is 5.73 Å². The second-order valence-electron chi connectivity index (χ2n) is 8.01. The van der Waals surface area contributed by atoms with E-state index in [0.717, 1.165) is 52.7 Å². The van der Waals surface area contributed by atoms with Crippen LogP contribution in [0.2, 0.25) is 0 Å². The molecular weight excluding hydrogens is 379 g/mol. The first-order valence-electron chi connectivity index (χ1n) is 10.3. The zero-order valence-corrected chi connectivity index (χ0v) is 16.6. The normalized spacial score (nSPS) is 16.0. The van der Waals surface area contributed by atoms with Crippen molar-refractivity contribution in [3.8, 4) is 5.69 Å². The quantitative estimate of drug-likeness (QED) is 0.541. The molecule has 1 unspecified atom stereocenters. The molecule has 2 heterocycles. The standard InChI is InChI=1S/C24H23FN4O/c25-18-6-9-22-21(13-18)20-3-1-2-17(12-23(26)30)24(20)29(22)14-16-4-7-19(8-5-16)28-11-10-27-15-28/h4-11,13,15,17H,1-3,12,14H2,(H2,26,30). The van der Waals surface area contributed by atoms with E-state index in [9.17, 15) is 9.18 Å². The van der Waals surface area contributed by atoms with Crippen LogP contribution in [0, 0.1) is 5.82 Å². The summed E-state index contributed by atoms with van der Waals surface area (Å²) in [7, 11) is 0. The highest BCUT2D eigenvalue weighted by atomic mass is 19.1. The lowest BCUT2D eigenvalue weighted by atomic mass is 9.84. The van der Waals surface area contributed by atoms with Gasteiger partial charge in [-0.15, -0.1) is 0 Å². The molecule has 5 nitrogen and oxygen atoms in total. The second-order valence-corrected chi connectivity index (χ2v) is 8.01. The monoisotopic (exact) mass is 402 g/mol. The molecule has 0 saturated heterocycles. The second kappa shape index (κ2) is 7.44. The fourth-order valence-electron chi connectivity index (χ4n) is 4.79. The van der Waals surface area contributed by atoms with E-state index in [2.05, 4.69) is 33.8 Å². The van der Waals surface area contributed by atoms with E-state index < -0.39 is 0 Å². The number of hydrogen-bond donors (Lipinski definition) is 1. The summed E-state index contributed by atoms with van der Waals surface area (Å²) < 4.78 is 18.3. The van der Waals surface area contributed by atoms with Crippen molar-refractivity contribution in [2.45, 2.75) is 38.1 Å². The largest absolute Gasteiger partial charge is 0.370 e. The fraction of sp³-hybridized carbons (Fsp3) is 0.250. The molecule has 0 bridgehead atoms. The Morgan fingerprint density at radius 3 is 2.77 bits per heavy atom. The summed E-state index contributed by atoms with van der Waals surface area (Å²) in [5.74, 6) is -0.448. The van der Waals surface area contributed by atoms with Gasteiger partial charge in [0.05, 0.1) is 6.33 Å². The maximum Gasteiger partial charge on any atom is 0.218 e. The number of rotatable bonds is 5. The molecule has 2 aromatic carbocycles. The summed E-state index contributed by atoms with van der Waals surface area (Å²) in [5.41, 5.74) is 11.1. The number of benzene rings is 2. The first kappa shape index (κ1) is 18.6. The molecule has 152 valence electrons. The molecular formula is C24H23FN4O. The third-order valence-corrected chi connectivity index (χ3v) is 6.07. The van der Waals surface area contributed by atoms with Gasteiger partial charge in [0.1, 0.15) is 5.82 Å². The van der Waals surface area contributed by atoms with Gasteiger partial charge in [0.2, 0.25) is 5.91 Å². The SMILES string of the molecule is NC(=O)CC1CCCc2c1n(Cc1ccc(-n3ccnc3)cc1)c1ccc(F)cc21. The first-order chi connectivity index (χ1) is 14.6. The van der Waals surface area contributed by atoms with Gasteiger partial charge in [0, 0.05) is 53.6 Å². The number of fused-ring (bicyclic) bond motifs is 3. The van der Waals surface area contributed by atoms with Crippen LogP contribution >= 0.6 is 0 Å². The summed E-state index contributed by atoms with van der Waals surface area (Å²) in [4.78, 5) is 15.8. The van der Waals surface area contributed by atoms with Crippen molar-refractivity contribution < 1.29 is 9.18 Å². The van der Waals surface area contributed by atoms with Gasteiger partial charge >= 0.3 is 0 Å². The van der Waals surface area contributed by atoms with Gasteiger partial charge in [0.15, 0.2) is 0 Å². The van der Waals surface area contributed by atoms with Crippen molar-refractivity contribution in [1.82, 2.24) is 14.1 Å². The number of carbonyl (C=O) groups is 1. The molecule has 4 aromatic rings. The van der Waals surface area contributed by atoms with E-state index in [0.29, 0.717) is 13.0 Å². The molecule has 1 aliphatic carbocycles. The summed E-state index contributed by atoms with van der Waals surface area (Å²) >= 11 is 0. The summed E-state index contributed by atoms with van der Waals surface area (Å²) in [6.45, 7) is 0.664. The third-order valence-electron chi connectivity index (χ3n) is 6.07. The van der Waals surface area contributed by atoms with Crippen LogP contribution in [-0.4, -0.2) is 20.0 Å². The Labute approximate surface area is 174 Å². The van der Waals surface area contributed by atoms with E-state index in [1.54, 1.807) is 18.6 Å². The number of primary amides is 1. The predicted molar refractivity (Wildman–Crippen MR) is 114 cm³/mol. The van der Waals surface area contributed by atoms with E-state index in [1.165, 1.54) is 6.07 Å². The summed E-state index contributed by atoms with van der Waals surface area (Å²) in [5, 5.41) is 0.953. The van der Waals surface area contributed by atoms with Crippen molar-refractivity contribution in [3.05, 3.63) is 83.8 Å². The minimum absolute atomic E-state index is 0.0759. The zero-order chi connectivity index (χ0) is 20.7. The van der Waals surface area contributed by atoms with Gasteiger partial charge in [-0.1, -0.05) is 12.1 Å². The average molecular weight is 402 g/mol. The van der Waals surface area contributed by atoms with Crippen LogP contribution in [0.3, 0.4) is 0 Å². The highest BCUT2D eigenvalue weighted by molar-refractivity contribution is 5.87. The van der Waals surface area contributed by atoms with E-state index >= 15 is 0 Å². The Kier molecular flexibility index (Phi) is 4.62. The van der Waals surface area contributed by atoms with Gasteiger partial charge in [0.25, 0.3) is 0 Å². The highest BCUT2D eigenvalue weighted by Crippen LogP contribution is 2.40. The summed E-state index contributed by atoms with van der Waals surface area (Å²) in [6, 6.07) is 13.3. The molecule has 2 N–H and O–H groups in total. The lowest BCUT2D eigenvalue weighted by Gasteiger charge is -2.25. The first-order valence-corrected chi connectivity index (χ1v) is 10.3. The number of carbonyl (C=O) groups excluding carboxylic acids is 1. The minimum Gasteiger partial charge on any atom is -0.370 e. The zero-order valence-electron chi connectivity index (χ0n) is 16.6. The van der Waals surface area contributed by atoms with Gasteiger partial charge in [-0.3, -0.25) is 4.79 Å². The van der Waals surface area contributed by atoms with E-state index in [1.807, 2.05) is 16.8 Å². The number of nitrogens with two attached hydrogens (primary N) is 1. The molecule has 0 spiro atoms. The van der Waals surface area contributed by atoms with Crippen molar-refractivity contribution in [2.75, 3.05) is 0 Å². The lowest BCUT2D eigenvalue weighted by Crippen LogP contribution is -2.21. The topological polar surface area (TPSA) is 65.8 Å². The van der Waals surface area contributed by atoms with Crippen LogP contribution in [0.4, 0.5) is 4.39 Å². The number of nitrogens with zero attached hydrogens (tertiary/aromatic N) is 3. The molecule has 0 fully saturated rings. The maximum absolute atomic E-state index is 14.0. The number of halogens is 1. The Morgan fingerprint density at radius 1 is 1.20 bits per heavy atom.